The lowest BCUT2D eigenvalue weighted by atomic mass is 9.80. The highest BCUT2D eigenvalue weighted by molar-refractivity contribution is 5.93. The van der Waals surface area contributed by atoms with Crippen molar-refractivity contribution in [1.29, 1.82) is 0 Å². The second kappa shape index (κ2) is 9.71. The van der Waals surface area contributed by atoms with Crippen molar-refractivity contribution >= 4 is 18.0 Å². The molecule has 0 atom stereocenters. The molecular formula is C27H30N2O5. The van der Waals surface area contributed by atoms with Gasteiger partial charge in [0.05, 0.1) is 5.41 Å². The second-order valence-corrected chi connectivity index (χ2v) is 9.25. The molecular weight excluding hydrogens is 432 g/mol. The quantitative estimate of drug-likeness (QED) is 0.628. The van der Waals surface area contributed by atoms with Gasteiger partial charge < -0.3 is 20.1 Å². The van der Waals surface area contributed by atoms with Crippen LogP contribution < -0.4 is 5.32 Å². The number of hydrogen-bond donors (Lipinski definition) is 2. The van der Waals surface area contributed by atoms with Gasteiger partial charge in [-0.25, -0.2) is 4.79 Å². The molecule has 34 heavy (non-hydrogen) atoms. The van der Waals surface area contributed by atoms with E-state index in [9.17, 15) is 19.5 Å². The normalized spacial score (nSPS) is 17.0. The minimum Gasteiger partial charge on any atom is -0.481 e. The summed E-state index contributed by atoms with van der Waals surface area (Å²) in [7, 11) is 0. The molecule has 0 saturated carbocycles. The molecule has 0 radical (unpaired) electrons. The van der Waals surface area contributed by atoms with Crippen molar-refractivity contribution in [1.82, 2.24) is 10.2 Å². The summed E-state index contributed by atoms with van der Waals surface area (Å²) in [6.45, 7) is 4.65. The molecule has 2 amide bonds. The van der Waals surface area contributed by atoms with E-state index in [4.69, 9.17) is 4.74 Å². The van der Waals surface area contributed by atoms with E-state index in [0.29, 0.717) is 31.5 Å². The number of likely N-dealkylation sites (tertiary alicyclic amines) is 1. The molecule has 1 heterocycles. The number of carboxylic acid groups (broad SMARTS) is 1. The van der Waals surface area contributed by atoms with E-state index in [1.165, 1.54) is 11.1 Å². The molecule has 1 aliphatic heterocycles. The Kier molecular flexibility index (Phi) is 6.72. The number of amides is 2. The molecule has 2 aromatic carbocycles. The summed E-state index contributed by atoms with van der Waals surface area (Å²) < 4.78 is 5.51. The van der Waals surface area contributed by atoms with Crippen molar-refractivity contribution < 1.29 is 24.2 Å². The molecule has 0 unspecified atom stereocenters. The highest BCUT2D eigenvalue weighted by Gasteiger charge is 2.38. The van der Waals surface area contributed by atoms with Crippen LogP contribution in [-0.4, -0.2) is 54.2 Å². The van der Waals surface area contributed by atoms with E-state index in [2.05, 4.69) is 29.6 Å². The number of carbonyl (C=O) groups is 3. The molecule has 1 saturated heterocycles. The average Bonchev–Trinajstić information content (AvgIpc) is 3.16. The molecule has 7 heteroatoms. The summed E-state index contributed by atoms with van der Waals surface area (Å²) in [4.78, 5) is 38.0. The maximum Gasteiger partial charge on any atom is 0.407 e. The summed E-state index contributed by atoms with van der Waals surface area (Å²) in [5, 5.41) is 12.0. The van der Waals surface area contributed by atoms with Gasteiger partial charge in [-0.2, -0.15) is 0 Å². The predicted molar refractivity (Wildman–Crippen MR) is 128 cm³/mol. The van der Waals surface area contributed by atoms with Crippen molar-refractivity contribution in [2.45, 2.75) is 32.6 Å². The Hall–Kier alpha value is -3.61. The number of aliphatic carboxylic acids is 1. The van der Waals surface area contributed by atoms with Crippen molar-refractivity contribution in [3.8, 4) is 11.1 Å². The zero-order valence-electron chi connectivity index (χ0n) is 19.5. The van der Waals surface area contributed by atoms with Crippen molar-refractivity contribution in [3.63, 3.8) is 0 Å². The highest BCUT2D eigenvalue weighted by Crippen LogP contribution is 2.44. The van der Waals surface area contributed by atoms with Crippen molar-refractivity contribution in [3.05, 3.63) is 71.3 Å². The number of carbonyl (C=O) groups excluding carboxylic acids is 2. The Morgan fingerprint density at radius 1 is 1.06 bits per heavy atom. The summed E-state index contributed by atoms with van der Waals surface area (Å²) in [5.41, 5.74) is 4.38. The number of hydrogen-bond acceptors (Lipinski definition) is 4. The van der Waals surface area contributed by atoms with Crippen LogP contribution in [0.4, 0.5) is 4.79 Å². The van der Waals surface area contributed by atoms with Gasteiger partial charge in [0, 0.05) is 31.1 Å². The van der Waals surface area contributed by atoms with E-state index in [1.807, 2.05) is 24.3 Å². The van der Waals surface area contributed by atoms with Gasteiger partial charge in [0.2, 0.25) is 5.91 Å². The van der Waals surface area contributed by atoms with Gasteiger partial charge in [0.25, 0.3) is 0 Å². The molecule has 2 aromatic rings. The maximum atomic E-state index is 12.7. The van der Waals surface area contributed by atoms with E-state index < -0.39 is 17.5 Å². The van der Waals surface area contributed by atoms with Gasteiger partial charge in [-0.05, 0) is 48.9 Å². The van der Waals surface area contributed by atoms with Crippen LogP contribution in [0.25, 0.3) is 11.1 Å². The second-order valence-electron chi connectivity index (χ2n) is 9.25. The third kappa shape index (κ3) is 4.69. The molecule has 1 fully saturated rings. The van der Waals surface area contributed by atoms with E-state index in [-0.39, 0.29) is 25.0 Å². The largest absolute Gasteiger partial charge is 0.481 e. The number of benzene rings is 2. The Balaban J connectivity index is 1.27. The molecule has 0 bridgehead atoms. The van der Waals surface area contributed by atoms with Crippen LogP contribution in [0, 0.1) is 5.41 Å². The minimum atomic E-state index is -0.820. The fourth-order valence-electron chi connectivity index (χ4n) is 4.69. The molecule has 2 aliphatic rings. The molecule has 4 rings (SSSR count). The van der Waals surface area contributed by atoms with Gasteiger partial charge in [0.15, 0.2) is 0 Å². The Morgan fingerprint density at radius 3 is 2.18 bits per heavy atom. The average molecular weight is 463 g/mol. The van der Waals surface area contributed by atoms with Crippen LogP contribution in [-0.2, 0) is 14.3 Å². The number of fused-ring (bicyclic) bond motifs is 3. The third-order valence-corrected chi connectivity index (χ3v) is 7.01. The number of nitrogens with zero attached hydrogens (tertiary/aromatic N) is 1. The van der Waals surface area contributed by atoms with Crippen LogP contribution in [0.1, 0.15) is 43.7 Å². The number of nitrogens with one attached hydrogen (secondary N) is 1. The first kappa shape index (κ1) is 23.5. The topological polar surface area (TPSA) is 95.9 Å². The molecule has 7 nitrogen and oxygen atoms in total. The molecule has 178 valence electrons. The zero-order chi connectivity index (χ0) is 24.3. The highest BCUT2D eigenvalue weighted by atomic mass is 16.5. The maximum absolute atomic E-state index is 12.7. The van der Waals surface area contributed by atoms with Crippen LogP contribution in [0.2, 0.25) is 0 Å². The van der Waals surface area contributed by atoms with Crippen LogP contribution in [0.15, 0.2) is 60.2 Å². The van der Waals surface area contributed by atoms with Gasteiger partial charge in [0.1, 0.15) is 6.61 Å². The lowest BCUT2D eigenvalue weighted by molar-refractivity contribution is -0.152. The number of rotatable bonds is 6. The minimum absolute atomic E-state index is 0.00686. The summed E-state index contributed by atoms with van der Waals surface area (Å²) in [6.07, 6.45) is 1.99. The number of piperidine rings is 1. The van der Waals surface area contributed by atoms with Gasteiger partial charge in [-0.3, -0.25) is 9.59 Å². The Labute approximate surface area is 199 Å². The zero-order valence-corrected chi connectivity index (χ0v) is 19.5. The molecule has 0 aromatic heterocycles. The Bertz CT molecular complexity index is 1090. The summed E-state index contributed by atoms with van der Waals surface area (Å²) >= 11 is 0. The first-order chi connectivity index (χ1) is 16.3. The van der Waals surface area contributed by atoms with E-state index in [0.717, 1.165) is 11.1 Å². The monoisotopic (exact) mass is 462 g/mol. The lowest BCUT2D eigenvalue weighted by Gasteiger charge is -2.36. The molecule has 1 aliphatic carbocycles. The fourth-order valence-corrected chi connectivity index (χ4v) is 4.69. The number of ether oxygens (including phenoxy) is 1. The molecule has 2 N–H and O–H groups in total. The van der Waals surface area contributed by atoms with Crippen molar-refractivity contribution in [2.75, 3.05) is 26.2 Å². The fraction of sp³-hybridized carbons (Fsp3) is 0.370. The number of carboxylic acids is 1. The first-order valence-electron chi connectivity index (χ1n) is 11.6. The lowest BCUT2D eigenvalue weighted by Crippen LogP contribution is -2.45. The summed E-state index contributed by atoms with van der Waals surface area (Å²) in [5.74, 6) is -0.964. The molecule has 0 spiro atoms. The predicted octanol–water partition coefficient (Wildman–Crippen LogP) is 4.18. The van der Waals surface area contributed by atoms with Gasteiger partial charge >= 0.3 is 12.1 Å². The SMILES string of the molecule is C/C(=C\CNC(=O)OCC1c2ccccc2-c2ccccc21)C(=O)N1CCC(C)(C(=O)O)CC1. The van der Waals surface area contributed by atoms with Gasteiger partial charge in [-0.15, -0.1) is 0 Å². The standard InChI is InChI=1S/C27H30N2O5/c1-18(24(30)29-15-12-27(2,13-16-29)25(31)32)11-14-28-26(33)34-17-23-21-9-5-3-7-19(21)20-8-4-6-10-22(20)23/h3-11,23H,12-17H2,1-2H3,(H,28,33)(H,31,32)/b18-11+. The van der Waals surface area contributed by atoms with Crippen LogP contribution >= 0.6 is 0 Å². The van der Waals surface area contributed by atoms with E-state index >= 15 is 0 Å². The van der Waals surface area contributed by atoms with Crippen LogP contribution in [0.5, 0.6) is 0 Å². The van der Waals surface area contributed by atoms with E-state index in [1.54, 1.807) is 24.8 Å². The van der Waals surface area contributed by atoms with Gasteiger partial charge in [-0.1, -0.05) is 54.6 Å². The van der Waals surface area contributed by atoms with Crippen LogP contribution in [0.3, 0.4) is 0 Å². The third-order valence-electron chi connectivity index (χ3n) is 7.01. The summed E-state index contributed by atoms with van der Waals surface area (Å²) in [6, 6.07) is 16.3. The first-order valence-corrected chi connectivity index (χ1v) is 11.6. The smallest absolute Gasteiger partial charge is 0.407 e. The Morgan fingerprint density at radius 2 is 1.62 bits per heavy atom. The van der Waals surface area contributed by atoms with Crippen molar-refractivity contribution in [2.24, 2.45) is 5.41 Å². The number of alkyl carbamates (subject to hydrolysis) is 1.